The average molecular weight is 757 g/mol. The fourth-order valence-electron chi connectivity index (χ4n) is 8.19. The maximum Gasteiger partial charge on any atom is 0.269 e. The predicted molar refractivity (Wildman–Crippen MR) is 194 cm³/mol. The van der Waals surface area contributed by atoms with Crippen LogP contribution < -0.4 is 21.1 Å². The monoisotopic (exact) mass is 756 g/mol. The molecule has 3 aromatic rings. The smallest absolute Gasteiger partial charge is 0.269 e. The van der Waals surface area contributed by atoms with E-state index >= 15 is 0 Å². The van der Waals surface area contributed by atoms with E-state index in [0.717, 1.165) is 43.5 Å². The first-order valence-electron chi connectivity index (χ1n) is 18.4. The van der Waals surface area contributed by atoms with Gasteiger partial charge in [0, 0.05) is 75.5 Å². The van der Waals surface area contributed by atoms with E-state index in [4.69, 9.17) is 0 Å². The number of halogens is 2. The van der Waals surface area contributed by atoms with Gasteiger partial charge in [-0.15, -0.1) is 0 Å². The summed E-state index contributed by atoms with van der Waals surface area (Å²) in [5.74, 6) is -0.585. The lowest BCUT2D eigenvalue weighted by molar-refractivity contribution is -0.134. The number of carbonyl (C=O) groups excluding carboxylic acids is 2. The van der Waals surface area contributed by atoms with Gasteiger partial charge in [-0.25, -0.2) is 26.5 Å². The van der Waals surface area contributed by atoms with E-state index in [1.807, 2.05) is 24.3 Å². The summed E-state index contributed by atoms with van der Waals surface area (Å²) < 4.78 is 57.0. The number of pyridine rings is 1. The molecule has 53 heavy (non-hydrogen) atoms. The molecule has 3 aliphatic heterocycles. The Morgan fingerprint density at radius 3 is 2.38 bits per heavy atom. The second-order valence-corrected chi connectivity index (χ2v) is 17.0. The molecule has 2 aromatic heterocycles. The highest BCUT2D eigenvalue weighted by Gasteiger charge is 2.40. The molecule has 3 atom stereocenters. The molecule has 4 aliphatic rings. The molecule has 3 saturated heterocycles. The first-order valence-corrected chi connectivity index (χ1v) is 20.0. The number of hydrogen-bond donors (Lipinski definition) is 3. The highest BCUT2D eigenvalue weighted by Crippen LogP contribution is 2.40. The molecule has 2 amide bonds. The minimum Gasteiger partial charge on any atom is -0.388 e. The van der Waals surface area contributed by atoms with Crippen molar-refractivity contribution in [2.75, 3.05) is 61.8 Å². The van der Waals surface area contributed by atoms with Crippen molar-refractivity contribution in [2.45, 2.75) is 81.9 Å². The number of hydrogen-bond acceptors (Lipinski definition) is 11. The number of nitrogens with one attached hydrogen (secondary N) is 2. The molecule has 0 bridgehead atoms. The highest BCUT2D eigenvalue weighted by molar-refractivity contribution is 7.89. The molecule has 5 heterocycles. The molecule has 286 valence electrons. The van der Waals surface area contributed by atoms with Crippen molar-refractivity contribution in [3.05, 3.63) is 58.0 Å². The Morgan fingerprint density at radius 2 is 1.74 bits per heavy atom. The first kappa shape index (κ1) is 37.3. The van der Waals surface area contributed by atoms with Crippen LogP contribution in [0.4, 0.5) is 20.4 Å². The van der Waals surface area contributed by atoms with Crippen molar-refractivity contribution in [3.8, 4) is 0 Å². The van der Waals surface area contributed by atoms with Crippen LogP contribution in [0.15, 0.2) is 41.3 Å². The van der Waals surface area contributed by atoms with Gasteiger partial charge < -0.3 is 15.3 Å². The summed E-state index contributed by atoms with van der Waals surface area (Å²) in [6.07, 6.45) is 1.81. The SMILES string of the molecule is C[C@@]1(O)CCC[C@H]1n1c(=O)c(C(F)F)cc2cnc(NC3CCN(S(=O)(=O)CCN4CCN(c5ccc(C6CCC(=O)NC6=O)cc5)CC4)CC3)nc21. The molecular formula is C36H46F2N8O6S. The summed E-state index contributed by atoms with van der Waals surface area (Å²) in [4.78, 5) is 50.2. The van der Waals surface area contributed by atoms with Gasteiger partial charge in [-0.3, -0.25) is 29.2 Å². The van der Waals surface area contributed by atoms with E-state index < -0.39 is 39.2 Å². The fourth-order valence-corrected chi connectivity index (χ4v) is 9.70. The van der Waals surface area contributed by atoms with E-state index in [-0.39, 0.29) is 46.5 Å². The second kappa shape index (κ2) is 15.0. The number of benzene rings is 1. The van der Waals surface area contributed by atoms with Gasteiger partial charge in [0.25, 0.3) is 12.0 Å². The van der Waals surface area contributed by atoms with Crippen molar-refractivity contribution >= 4 is 44.5 Å². The van der Waals surface area contributed by atoms with Gasteiger partial charge in [0.2, 0.25) is 27.8 Å². The van der Waals surface area contributed by atoms with Gasteiger partial charge in [-0.05, 0) is 69.2 Å². The molecule has 14 nitrogen and oxygen atoms in total. The normalized spacial score (nSPS) is 25.3. The first-order chi connectivity index (χ1) is 25.3. The standard InChI is InChI=1S/C36H46F2N8O6S/c1-36(50)12-2-3-29(36)46-32-24(21-28(31(37)38)34(46)49)22-39-35(42-32)40-25-10-13-45(14-11-25)53(51,52)20-19-43-15-17-44(18-16-43)26-6-4-23(5-7-26)27-8-9-30(47)41-33(27)48/h4-7,21-22,25,27,29,31,50H,2-3,8-20H2,1H3,(H,39,40,42)(H,41,47,48)/t27?,29-,36-/m1/s1. The van der Waals surface area contributed by atoms with Crippen molar-refractivity contribution in [1.82, 2.24) is 29.1 Å². The molecule has 4 fully saturated rings. The lowest BCUT2D eigenvalue weighted by Crippen LogP contribution is -2.49. The number of aromatic nitrogens is 3. The van der Waals surface area contributed by atoms with E-state index in [9.17, 15) is 36.7 Å². The van der Waals surface area contributed by atoms with Crippen LogP contribution in [0.1, 0.15) is 81.4 Å². The number of alkyl halides is 2. The molecular weight excluding hydrogens is 711 g/mol. The van der Waals surface area contributed by atoms with Gasteiger partial charge in [0.1, 0.15) is 5.65 Å². The largest absolute Gasteiger partial charge is 0.388 e. The summed E-state index contributed by atoms with van der Waals surface area (Å²) in [7, 11) is -3.50. The van der Waals surface area contributed by atoms with Crippen LogP contribution in [0.25, 0.3) is 11.0 Å². The molecule has 7 rings (SSSR count). The van der Waals surface area contributed by atoms with Crippen LogP contribution >= 0.6 is 0 Å². The fraction of sp³-hybridized carbons (Fsp3) is 0.583. The number of fused-ring (bicyclic) bond motifs is 1. The molecule has 0 radical (unpaired) electrons. The van der Waals surface area contributed by atoms with Gasteiger partial charge >= 0.3 is 0 Å². The summed E-state index contributed by atoms with van der Waals surface area (Å²) >= 11 is 0. The Labute approximate surface area is 306 Å². The quantitative estimate of drug-likeness (QED) is 0.260. The molecule has 1 unspecified atom stereocenters. The third-order valence-electron chi connectivity index (χ3n) is 11.3. The van der Waals surface area contributed by atoms with Crippen molar-refractivity contribution in [2.24, 2.45) is 0 Å². The minimum absolute atomic E-state index is 0.0165. The molecule has 3 N–H and O–H groups in total. The number of anilines is 2. The Kier molecular flexibility index (Phi) is 10.5. The van der Waals surface area contributed by atoms with Crippen LogP contribution in [-0.4, -0.2) is 112 Å². The zero-order valence-electron chi connectivity index (χ0n) is 29.7. The van der Waals surface area contributed by atoms with Crippen LogP contribution in [0, 0.1) is 0 Å². The number of piperidine rings is 2. The molecule has 1 aromatic carbocycles. The number of amides is 2. The zero-order chi connectivity index (χ0) is 37.5. The van der Waals surface area contributed by atoms with Crippen molar-refractivity contribution in [3.63, 3.8) is 0 Å². The molecule has 17 heteroatoms. The minimum atomic E-state index is -3.50. The van der Waals surface area contributed by atoms with E-state index in [2.05, 4.69) is 30.4 Å². The average Bonchev–Trinajstić information content (AvgIpc) is 3.49. The van der Waals surface area contributed by atoms with Gasteiger partial charge in [-0.1, -0.05) is 12.1 Å². The lowest BCUT2D eigenvalue weighted by Gasteiger charge is -2.37. The topological polar surface area (TPSA) is 170 Å². The van der Waals surface area contributed by atoms with Crippen LogP contribution in [0.5, 0.6) is 0 Å². The number of nitrogens with zero attached hydrogens (tertiary/aromatic N) is 6. The Balaban J connectivity index is 0.907. The van der Waals surface area contributed by atoms with Gasteiger partial charge in [0.15, 0.2) is 0 Å². The predicted octanol–water partition coefficient (Wildman–Crippen LogP) is 2.75. The van der Waals surface area contributed by atoms with E-state index in [0.29, 0.717) is 64.6 Å². The summed E-state index contributed by atoms with van der Waals surface area (Å²) in [5, 5.41) is 16.9. The summed E-state index contributed by atoms with van der Waals surface area (Å²) in [5.41, 5.74) is -0.681. The maximum atomic E-state index is 13.8. The van der Waals surface area contributed by atoms with E-state index in [1.165, 1.54) is 15.1 Å². The summed E-state index contributed by atoms with van der Waals surface area (Å²) in [6, 6.07) is 8.14. The zero-order valence-corrected chi connectivity index (χ0v) is 30.5. The van der Waals surface area contributed by atoms with Crippen LogP contribution in [0.2, 0.25) is 0 Å². The Hall–Kier alpha value is -4.06. The van der Waals surface area contributed by atoms with Crippen molar-refractivity contribution < 1.29 is 31.9 Å². The second-order valence-electron chi connectivity index (χ2n) is 14.9. The highest BCUT2D eigenvalue weighted by atomic mass is 32.2. The third-order valence-corrected chi connectivity index (χ3v) is 13.2. The van der Waals surface area contributed by atoms with Crippen molar-refractivity contribution in [1.29, 1.82) is 0 Å². The van der Waals surface area contributed by atoms with Crippen LogP contribution in [0.3, 0.4) is 0 Å². The summed E-state index contributed by atoms with van der Waals surface area (Å²) in [6.45, 7) is 5.61. The molecule has 0 spiro atoms. The maximum absolute atomic E-state index is 13.8. The van der Waals surface area contributed by atoms with Gasteiger partial charge in [0.05, 0.1) is 28.9 Å². The third kappa shape index (κ3) is 7.93. The molecule has 1 saturated carbocycles. The number of carbonyl (C=O) groups is 2. The van der Waals surface area contributed by atoms with Crippen LogP contribution in [-0.2, 0) is 19.6 Å². The number of sulfonamides is 1. The number of aliphatic hydroxyl groups is 1. The number of piperazine rings is 1. The van der Waals surface area contributed by atoms with E-state index in [1.54, 1.807) is 6.92 Å². The Morgan fingerprint density at radius 1 is 1.02 bits per heavy atom. The molecule has 1 aliphatic carbocycles. The Bertz CT molecular complexity index is 2010. The number of imide groups is 1. The number of rotatable bonds is 10. The van der Waals surface area contributed by atoms with Gasteiger partial charge in [-0.2, -0.15) is 4.98 Å². The lowest BCUT2D eigenvalue weighted by atomic mass is 9.90.